The number of aromatic nitrogens is 2. The lowest BCUT2D eigenvalue weighted by molar-refractivity contribution is 0.403. The van der Waals surface area contributed by atoms with Crippen LogP contribution < -0.4 is 15.2 Å². The number of nitrogen functional groups attached to an aromatic ring is 1. The smallest absolute Gasteiger partial charge is 0.265 e. The van der Waals surface area contributed by atoms with E-state index in [1.54, 1.807) is 6.07 Å². The van der Waals surface area contributed by atoms with Crippen LogP contribution >= 0.6 is 0 Å². The van der Waals surface area contributed by atoms with Gasteiger partial charge in [0.05, 0.1) is 19.0 Å². The molecular weight excluding hydrogens is 256 g/mol. The molecule has 0 aliphatic carbocycles. The van der Waals surface area contributed by atoms with Gasteiger partial charge in [-0.05, 0) is 18.2 Å². The third-order valence-electron chi connectivity index (χ3n) is 2.23. The highest BCUT2D eigenvalue weighted by molar-refractivity contribution is 7.92. The molecule has 0 spiro atoms. The van der Waals surface area contributed by atoms with Crippen molar-refractivity contribution in [3.05, 3.63) is 30.6 Å². The molecule has 7 nitrogen and oxygen atoms in total. The minimum absolute atomic E-state index is 0.0220. The molecule has 1 heterocycles. The summed E-state index contributed by atoms with van der Waals surface area (Å²) in [6.45, 7) is 0. The number of nitrogens with one attached hydrogen (secondary N) is 2. The van der Waals surface area contributed by atoms with Crippen LogP contribution in [-0.4, -0.2) is 25.7 Å². The molecule has 0 bridgehead atoms. The number of H-pyrrole nitrogens is 1. The number of ether oxygens (including phenoxy) is 1. The summed E-state index contributed by atoms with van der Waals surface area (Å²) < 4.78 is 31.7. The number of anilines is 2. The monoisotopic (exact) mass is 268 g/mol. The van der Waals surface area contributed by atoms with Gasteiger partial charge in [-0.15, -0.1) is 0 Å². The summed E-state index contributed by atoms with van der Waals surface area (Å²) in [4.78, 5) is -0.0220. The quantitative estimate of drug-likeness (QED) is 0.710. The highest BCUT2D eigenvalue weighted by Crippen LogP contribution is 2.27. The van der Waals surface area contributed by atoms with Gasteiger partial charge in [-0.1, -0.05) is 0 Å². The van der Waals surface area contributed by atoms with E-state index in [-0.39, 0.29) is 10.6 Å². The minimum Gasteiger partial charge on any atom is -0.495 e. The molecule has 0 fully saturated rings. The molecule has 18 heavy (non-hydrogen) atoms. The first-order chi connectivity index (χ1) is 8.53. The van der Waals surface area contributed by atoms with Gasteiger partial charge in [-0.2, -0.15) is 5.10 Å². The van der Waals surface area contributed by atoms with Gasteiger partial charge in [0.25, 0.3) is 10.0 Å². The van der Waals surface area contributed by atoms with E-state index in [2.05, 4.69) is 14.9 Å². The summed E-state index contributed by atoms with van der Waals surface area (Å²) in [6.07, 6.45) is 2.78. The van der Waals surface area contributed by atoms with Crippen LogP contribution in [0, 0.1) is 0 Å². The van der Waals surface area contributed by atoms with Crippen LogP contribution in [0.1, 0.15) is 0 Å². The molecule has 0 saturated heterocycles. The predicted molar refractivity (Wildman–Crippen MR) is 66.8 cm³/mol. The second kappa shape index (κ2) is 4.57. The molecule has 0 saturated carbocycles. The zero-order valence-corrected chi connectivity index (χ0v) is 10.4. The third-order valence-corrected chi connectivity index (χ3v) is 3.63. The molecule has 0 aliphatic heterocycles. The summed E-state index contributed by atoms with van der Waals surface area (Å²) >= 11 is 0. The molecule has 1 aromatic carbocycles. The van der Waals surface area contributed by atoms with Crippen molar-refractivity contribution in [1.29, 1.82) is 0 Å². The fourth-order valence-electron chi connectivity index (χ4n) is 1.42. The molecule has 0 unspecified atom stereocenters. The molecule has 2 aromatic rings. The number of hydrogen-bond acceptors (Lipinski definition) is 5. The first-order valence-corrected chi connectivity index (χ1v) is 6.46. The number of methoxy groups -OCH3 is 1. The van der Waals surface area contributed by atoms with E-state index in [0.29, 0.717) is 11.4 Å². The van der Waals surface area contributed by atoms with Gasteiger partial charge in [0, 0.05) is 11.9 Å². The lowest BCUT2D eigenvalue weighted by Gasteiger charge is -2.10. The van der Waals surface area contributed by atoms with Crippen molar-refractivity contribution in [3.63, 3.8) is 0 Å². The number of benzene rings is 1. The van der Waals surface area contributed by atoms with Crippen LogP contribution in [0.2, 0.25) is 0 Å². The van der Waals surface area contributed by atoms with Crippen LogP contribution in [-0.2, 0) is 10.0 Å². The Bertz CT molecular complexity index is 637. The summed E-state index contributed by atoms with van der Waals surface area (Å²) in [7, 11) is -2.37. The van der Waals surface area contributed by atoms with Gasteiger partial charge in [0.1, 0.15) is 10.6 Å². The Balaban J connectivity index is 2.43. The Morgan fingerprint density at radius 3 is 2.83 bits per heavy atom. The van der Waals surface area contributed by atoms with E-state index >= 15 is 0 Å². The van der Waals surface area contributed by atoms with Gasteiger partial charge in [0.15, 0.2) is 0 Å². The second-order valence-corrected chi connectivity index (χ2v) is 5.15. The fraction of sp³-hybridized carbons (Fsp3) is 0.100. The Labute approximate surface area is 104 Å². The van der Waals surface area contributed by atoms with Crippen molar-refractivity contribution in [3.8, 4) is 5.75 Å². The van der Waals surface area contributed by atoms with Crippen molar-refractivity contribution >= 4 is 21.4 Å². The second-order valence-electron chi connectivity index (χ2n) is 3.50. The molecule has 8 heteroatoms. The van der Waals surface area contributed by atoms with Gasteiger partial charge in [0.2, 0.25) is 0 Å². The summed E-state index contributed by atoms with van der Waals surface area (Å²) in [6, 6.07) is 4.40. The molecule has 96 valence electrons. The van der Waals surface area contributed by atoms with Gasteiger partial charge in [-0.3, -0.25) is 9.82 Å². The topological polar surface area (TPSA) is 110 Å². The SMILES string of the molecule is COc1ccc(N)cc1S(=O)(=O)Nc1cn[nH]c1. The van der Waals surface area contributed by atoms with Crippen molar-refractivity contribution in [1.82, 2.24) is 10.2 Å². The van der Waals surface area contributed by atoms with E-state index < -0.39 is 10.0 Å². The van der Waals surface area contributed by atoms with E-state index in [9.17, 15) is 8.42 Å². The van der Waals surface area contributed by atoms with E-state index in [1.807, 2.05) is 0 Å². The summed E-state index contributed by atoms with van der Waals surface area (Å²) in [5.74, 6) is 0.222. The number of hydrogen-bond donors (Lipinski definition) is 3. The lowest BCUT2D eigenvalue weighted by atomic mass is 10.3. The van der Waals surface area contributed by atoms with Crippen LogP contribution in [0.4, 0.5) is 11.4 Å². The van der Waals surface area contributed by atoms with Gasteiger partial charge < -0.3 is 10.5 Å². The van der Waals surface area contributed by atoms with Crippen molar-refractivity contribution in [2.75, 3.05) is 17.6 Å². The molecule has 0 aliphatic rings. The summed E-state index contributed by atoms with van der Waals surface area (Å²) in [5.41, 5.74) is 6.26. The minimum atomic E-state index is -3.76. The van der Waals surface area contributed by atoms with E-state index in [0.717, 1.165) is 0 Å². The highest BCUT2D eigenvalue weighted by atomic mass is 32.2. The number of aromatic amines is 1. The van der Waals surface area contributed by atoms with Crippen LogP contribution in [0.3, 0.4) is 0 Å². The molecule has 0 radical (unpaired) electrons. The Kier molecular flexibility index (Phi) is 3.11. The molecule has 4 N–H and O–H groups in total. The predicted octanol–water partition coefficient (Wildman–Crippen LogP) is 0.801. The molecule has 0 atom stereocenters. The van der Waals surface area contributed by atoms with Crippen LogP contribution in [0.25, 0.3) is 0 Å². The maximum absolute atomic E-state index is 12.1. The molecule has 1 aromatic heterocycles. The summed E-state index contributed by atoms with van der Waals surface area (Å²) in [5, 5.41) is 6.16. The zero-order valence-electron chi connectivity index (χ0n) is 9.54. The average Bonchev–Trinajstić information content (AvgIpc) is 2.81. The first-order valence-electron chi connectivity index (χ1n) is 4.98. The molecule has 2 rings (SSSR count). The van der Waals surface area contributed by atoms with Gasteiger partial charge in [-0.25, -0.2) is 8.42 Å². The van der Waals surface area contributed by atoms with Crippen LogP contribution in [0.5, 0.6) is 5.75 Å². The van der Waals surface area contributed by atoms with Crippen molar-refractivity contribution in [2.45, 2.75) is 4.90 Å². The zero-order chi connectivity index (χ0) is 13.2. The van der Waals surface area contributed by atoms with Crippen molar-refractivity contribution < 1.29 is 13.2 Å². The largest absolute Gasteiger partial charge is 0.495 e. The number of nitrogens with zero attached hydrogens (tertiary/aromatic N) is 1. The number of nitrogens with two attached hydrogens (primary N) is 1. The standard InChI is InChI=1S/C10H12N4O3S/c1-17-9-3-2-7(11)4-10(9)18(15,16)14-8-5-12-13-6-8/h2-6,14H,11H2,1H3,(H,12,13). The number of sulfonamides is 1. The van der Waals surface area contributed by atoms with E-state index in [1.165, 1.54) is 31.6 Å². The van der Waals surface area contributed by atoms with Gasteiger partial charge >= 0.3 is 0 Å². The van der Waals surface area contributed by atoms with E-state index in [4.69, 9.17) is 10.5 Å². The Hall–Kier alpha value is -2.22. The molecular formula is C10H12N4O3S. The lowest BCUT2D eigenvalue weighted by Crippen LogP contribution is -2.14. The maximum atomic E-state index is 12.1. The first kappa shape index (κ1) is 12.2. The fourth-order valence-corrected chi connectivity index (χ4v) is 2.66. The number of rotatable bonds is 4. The Morgan fingerprint density at radius 1 is 1.44 bits per heavy atom. The maximum Gasteiger partial charge on any atom is 0.265 e. The van der Waals surface area contributed by atoms with Crippen molar-refractivity contribution in [2.24, 2.45) is 0 Å². The highest BCUT2D eigenvalue weighted by Gasteiger charge is 2.20. The van der Waals surface area contributed by atoms with Crippen LogP contribution in [0.15, 0.2) is 35.5 Å². The Morgan fingerprint density at radius 2 is 2.22 bits per heavy atom. The third kappa shape index (κ3) is 2.38. The molecule has 0 amide bonds. The average molecular weight is 268 g/mol. The normalized spacial score (nSPS) is 11.2.